The van der Waals surface area contributed by atoms with Crippen molar-refractivity contribution in [1.29, 1.82) is 0 Å². The van der Waals surface area contributed by atoms with E-state index in [4.69, 9.17) is 4.74 Å². The minimum Gasteiger partial charge on any atom is -0.465 e. The first kappa shape index (κ1) is 23.1. The maximum atomic E-state index is 13.4. The van der Waals surface area contributed by atoms with E-state index in [9.17, 15) is 23.2 Å². The van der Waals surface area contributed by atoms with Crippen molar-refractivity contribution in [3.8, 4) is 5.69 Å². The number of nitrogens with zero attached hydrogens (tertiary/aromatic N) is 2. The number of carbonyl (C=O) groups is 2. The highest BCUT2D eigenvalue weighted by atomic mass is 32.2. The highest BCUT2D eigenvalue weighted by Gasteiger charge is 2.17. The van der Waals surface area contributed by atoms with Crippen LogP contribution >= 0.6 is 11.8 Å². The van der Waals surface area contributed by atoms with Gasteiger partial charge in [0.15, 0.2) is 16.8 Å². The number of hydrogen-bond donors (Lipinski definition) is 1. The van der Waals surface area contributed by atoms with Gasteiger partial charge in [-0.2, -0.15) is 0 Å². The molecule has 7 nitrogen and oxygen atoms in total. The Hall–Kier alpha value is -4.05. The van der Waals surface area contributed by atoms with Gasteiger partial charge in [-0.25, -0.2) is 18.6 Å². The molecule has 0 spiro atoms. The molecule has 0 saturated carbocycles. The number of fused-ring (bicyclic) bond motifs is 1. The zero-order valence-electron chi connectivity index (χ0n) is 17.7. The van der Waals surface area contributed by atoms with Crippen LogP contribution in [-0.2, 0) is 9.53 Å². The summed E-state index contributed by atoms with van der Waals surface area (Å²) in [5.41, 5.74) is 0.757. The van der Waals surface area contributed by atoms with Crippen LogP contribution in [0.1, 0.15) is 10.4 Å². The fourth-order valence-corrected chi connectivity index (χ4v) is 4.03. The fourth-order valence-electron chi connectivity index (χ4n) is 3.21. The van der Waals surface area contributed by atoms with Gasteiger partial charge in [0.2, 0.25) is 5.91 Å². The van der Waals surface area contributed by atoms with E-state index in [1.165, 1.54) is 35.9 Å². The molecule has 1 amide bonds. The van der Waals surface area contributed by atoms with Crippen molar-refractivity contribution in [2.24, 2.45) is 0 Å². The summed E-state index contributed by atoms with van der Waals surface area (Å²) in [6.07, 6.45) is 0. The number of para-hydroxylation sites is 1. The van der Waals surface area contributed by atoms with Crippen LogP contribution in [0.2, 0.25) is 0 Å². The molecule has 172 valence electrons. The summed E-state index contributed by atoms with van der Waals surface area (Å²) < 4.78 is 32.6. The van der Waals surface area contributed by atoms with Crippen molar-refractivity contribution < 1.29 is 23.1 Å². The second kappa shape index (κ2) is 9.84. The number of aromatic nitrogens is 2. The molecule has 4 aromatic rings. The van der Waals surface area contributed by atoms with E-state index >= 15 is 0 Å². The standard InChI is InChI=1S/C24H17F2N3O4S/c1-33-23(32)14-7-9-17-20(11-14)28-24(29(22(17)31)16-5-3-2-4-6-16)34-13-21(30)27-15-8-10-18(25)19(26)12-15/h2-12H,13H2,1H3,(H,27,30). The maximum absolute atomic E-state index is 13.4. The van der Waals surface area contributed by atoms with Crippen LogP contribution in [0.25, 0.3) is 16.6 Å². The summed E-state index contributed by atoms with van der Waals surface area (Å²) in [5.74, 6) is -3.35. The van der Waals surface area contributed by atoms with Crippen LogP contribution in [0.15, 0.2) is 76.7 Å². The van der Waals surface area contributed by atoms with E-state index in [1.807, 2.05) is 0 Å². The van der Waals surface area contributed by atoms with Gasteiger partial charge in [0.25, 0.3) is 5.56 Å². The lowest BCUT2D eigenvalue weighted by molar-refractivity contribution is -0.113. The van der Waals surface area contributed by atoms with Crippen LogP contribution in [0, 0.1) is 11.6 Å². The molecule has 0 unspecified atom stereocenters. The van der Waals surface area contributed by atoms with Gasteiger partial charge in [-0.1, -0.05) is 30.0 Å². The molecule has 0 saturated heterocycles. The fraction of sp³-hybridized carbons (Fsp3) is 0.0833. The van der Waals surface area contributed by atoms with Gasteiger partial charge in [-0.3, -0.25) is 14.2 Å². The van der Waals surface area contributed by atoms with Crippen molar-refractivity contribution in [2.45, 2.75) is 5.16 Å². The van der Waals surface area contributed by atoms with Crippen molar-refractivity contribution in [3.05, 3.63) is 94.3 Å². The number of esters is 1. The number of halogens is 2. The van der Waals surface area contributed by atoms with E-state index in [1.54, 1.807) is 30.3 Å². The minimum absolute atomic E-state index is 0.0964. The predicted molar refractivity (Wildman–Crippen MR) is 124 cm³/mol. The van der Waals surface area contributed by atoms with Crippen molar-refractivity contribution in [1.82, 2.24) is 9.55 Å². The average molecular weight is 481 g/mol. The first-order chi connectivity index (χ1) is 16.4. The number of carbonyl (C=O) groups excluding carboxylic acids is 2. The number of nitrogens with one attached hydrogen (secondary N) is 1. The van der Waals surface area contributed by atoms with Crippen molar-refractivity contribution in [3.63, 3.8) is 0 Å². The largest absolute Gasteiger partial charge is 0.465 e. The third-order valence-electron chi connectivity index (χ3n) is 4.81. The van der Waals surface area contributed by atoms with Crippen molar-refractivity contribution >= 4 is 40.2 Å². The number of methoxy groups -OCH3 is 1. The summed E-state index contributed by atoms with van der Waals surface area (Å²) in [4.78, 5) is 42.2. The number of anilines is 1. The van der Waals surface area contributed by atoms with E-state index in [0.717, 1.165) is 23.9 Å². The number of rotatable bonds is 6. The Kier molecular flexibility index (Phi) is 6.69. The van der Waals surface area contributed by atoms with E-state index in [-0.39, 0.29) is 38.6 Å². The normalized spacial score (nSPS) is 10.8. The molecular weight excluding hydrogens is 464 g/mol. The Balaban J connectivity index is 1.70. The van der Waals surface area contributed by atoms with Crippen LogP contribution in [-0.4, -0.2) is 34.3 Å². The van der Waals surface area contributed by atoms with Gasteiger partial charge in [0.05, 0.1) is 35.0 Å². The van der Waals surface area contributed by atoms with Crippen molar-refractivity contribution in [2.75, 3.05) is 18.2 Å². The molecule has 1 N–H and O–H groups in total. The molecule has 0 fully saturated rings. The average Bonchev–Trinajstić information content (AvgIpc) is 2.84. The molecule has 3 aromatic carbocycles. The lowest BCUT2D eigenvalue weighted by Gasteiger charge is -2.13. The minimum atomic E-state index is -1.08. The molecule has 1 aromatic heterocycles. The molecule has 0 bridgehead atoms. The number of hydrogen-bond acceptors (Lipinski definition) is 6. The van der Waals surface area contributed by atoms with E-state index < -0.39 is 23.5 Å². The number of thioether (sulfide) groups is 1. The Bertz CT molecular complexity index is 1460. The lowest BCUT2D eigenvalue weighted by Crippen LogP contribution is -2.23. The third-order valence-corrected chi connectivity index (χ3v) is 5.75. The van der Waals surface area contributed by atoms with Crippen LogP contribution in [0.3, 0.4) is 0 Å². The zero-order chi connectivity index (χ0) is 24.2. The summed E-state index contributed by atoms with van der Waals surface area (Å²) in [6.45, 7) is 0. The summed E-state index contributed by atoms with van der Waals surface area (Å²) in [6, 6.07) is 16.2. The molecule has 0 aliphatic heterocycles. The van der Waals surface area contributed by atoms with Gasteiger partial charge >= 0.3 is 5.97 Å². The molecular formula is C24H17F2N3O4S. The van der Waals surface area contributed by atoms with Crippen LogP contribution in [0.5, 0.6) is 0 Å². The van der Waals surface area contributed by atoms with Gasteiger partial charge in [0.1, 0.15) is 0 Å². The molecule has 0 radical (unpaired) electrons. The topological polar surface area (TPSA) is 90.3 Å². The number of amides is 1. The zero-order valence-corrected chi connectivity index (χ0v) is 18.6. The SMILES string of the molecule is COC(=O)c1ccc2c(=O)n(-c3ccccc3)c(SCC(=O)Nc3ccc(F)c(F)c3)nc2c1. The summed E-state index contributed by atoms with van der Waals surface area (Å²) in [7, 11) is 1.25. The highest BCUT2D eigenvalue weighted by Crippen LogP contribution is 2.23. The number of benzene rings is 3. The van der Waals surface area contributed by atoms with E-state index in [0.29, 0.717) is 5.69 Å². The molecule has 4 rings (SSSR count). The van der Waals surface area contributed by atoms with Gasteiger partial charge in [0, 0.05) is 11.8 Å². The molecule has 34 heavy (non-hydrogen) atoms. The molecule has 10 heteroatoms. The second-order valence-electron chi connectivity index (χ2n) is 7.06. The van der Waals surface area contributed by atoms with Crippen LogP contribution in [0.4, 0.5) is 14.5 Å². The van der Waals surface area contributed by atoms with Gasteiger partial charge in [-0.15, -0.1) is 0 Å². The van der Waals surface area contributed by atoms with E-state index in [2.05, 4.69) is 10.3 Å². The Labute approximate surface area is 196 Å². The highest BCUT2D eigenvalue weighted by molar-refractivity contribution is 7.99. The quantitative estimate of drug-likeness (QED) is 0.252. The smallest absolute Gasteiger partial charge is 0.337 e. The maximum Gasteiger partial charge on any atom is 0.337 e. The van der Waals surface area contributed by atoms with Gasteiger partial charge < -0.3 is 10.1 Å². The molecule has 0 aliphatic rings. The Morgan fingerprint density at radius 1 is 1.03 bits per heavy atom. The molecule has 0 atom stereocenters. The first-order valence-corrected chi connectivity index (χ1v) is 10.9. The first-order valence-electron chi connectivity index (χ1n) is 9.95. The molecule has 1 heterocycles. The van der Waals surface area contributed by atoms with Crippen LogP contribution < -0.4 is 10.9 Å². The monoisotopic (exact) mass is 481 g/mol. The Morgan fingerprint density at radius 3 is 2.50 bits per heavy atom. The number of ether oxygens (including phenoxy) is 1. The molecule has 0 aliphatic carbocycles. The Morgan fingerprint density at radius 2 is 1.79 bits per heavy atom. The summed E-state index contributed by atoms with van der Waals surface area (Å²) >= 11 is 0.981. The summed E-state index contributed by atoms with van der Waals surface area (Å²) in [5, 5.41) is 2.98. The third kappa shape index (κ3) is 4.81. The predicted octanol–water partition coefficient (Wildman–Crippen LogP) is 4.18. The lowest BCUT2D eigenvalue weighted by atomic mass is 10.1. The second-order valence-corrected chi connectivity index (χ2v) is 8.00. The van der Waals surface area contributed by atoms with Gasteiger partial charge in [-0.05, 0) is 42.5 Å².